The Balaban J connectivity index is 1.68. The van der Waals surface area contributed by atoms with Crippen LogP contribution in [-0.2, 0) is 19.2 Å². The molecule has 0 bridgehead atoms. The van der Waals surface area contributed by atoms with Gasteiger partial charge >= 0.3 is 0 Å². The number of nitrogens with zero attached hydrogens (tertiary/aromatic N) is 1. The van der Waals surface area contributed by atoms with E-state index in [0.717, 1.165) is 5.57 Å². The van der Waals surface area contributed by atoms with Gasteiger partial charge in [0.1, 0.15) is 0 Å². The Kier molecular flexibility index (Phi) is 5.59. The van der Waals surface area contributed by atoms with E-state index in [1.165, 1.54) is 24.2 Å². The molecule has 4 atom stereocenters. The van der Waals surface area contributed by atoms with E-state index in [2.05, 4.69) is 15.9 Å². The lowest BCUT2D eigenvalue weighted by molar-refractivity contribution is -0.140. The molecule has 4 aliphatic rings. The smallest absolute Gasteiger partial charge is 0.233 e. The van der Waals surface area contributed by atoms with E-state index >= 15 is 0 Å². The molecule has 1 heterocycles. The number of fused-ring (bicyclic) bond motifs is 3. The molecule has 0 radical (unpaired) electrons. The molecule has 7 nitrogen and oxygen atoms in total. The number of benzene rings is 1. The van der Waals surface area contributed by atoms with Gasteiger partial charge in [0.2, 0.25) is 11.8 Å². The van der Waals surface area contributed by atoms with Crippen molar-refractivity contribution in [2.45, 2.75) is 32.1 Å². The number of phenols is 1. The van der Waals surface area contributed by atoms with Crippen LogP contribution in [0, 0.1) is 17.8 Å². The van der Waals surface area contributed by atoms with Crippen molar-refractivity contribution in [3.8, 4) is 11.5 Å². The first kappa shape index (κ1) is 22.8. The summed E-state index contributed by atoms with van der Waals surface area (Å²) in [4.78, 5) is 54.1. The fourth-order valence-corrected chi connectivity index (χ4v) is 6.42. The van der Waals surface area contributed by atoms with Crippen molar-refractivity contribution in [2.24, 2.45) is 17.8 Å². The van der Waals surface area contributed by atoms with E-state index in [0.29, 0.717) is 36.1 Å². The number of Topliss-reactive ketones (excluding diaryl/α,β-unsaturated/α-hetero) is 1. The summed E-state index contributed by atoms with van der Waals surface area (Å²) in [5.41, 5.74) is 2.34. The first-order valence-electron chi connectivity index (χ1n) is 11.4. The van der Waals surface area contributed by atoms with Crippen molar-refractivity contribution >= 4 is 39.3 Å². The zero-order valence-electron chi connectivity index (χ0n) is 18.8. The quantitative estimate of drug-likeness (QED) is 0.366. The molecule has 1 fully saturated rings. The maximum atomic E-state index is 13.4. The number of ketones is 2. The molecule has 4 unspecified atom stereocenters. The van der Waals surface area contributed by atoms with Crippen LogP contribution in [0.1, 0.15) is 37.7 Å². The molecule has 0 aromatic heterocycles. The third kappa shape index (κ3) is 3.22. The first-order valence-corrected chi connectivity index (χ1v) is 12.2. The van der Waals surface area contributed by atoms with Gasteiger partial charge < -0.3 is 9.84 Å². The Labute approximate surface area is 205 Å². The van der Waals surface area contributed by atoms with E-state index in [-0.39, 0.29) is 51.7 Å². The second kappa shape index (κ2) is 8.34. The minimum atomic E-state index is -0.569. The van der Waals surface area contributed by atoms with E-state index in [4.69, 9.17) is 4.74 Å². The van der Waals surface area contributed by atoms with Gasteiger partial charge in [-0.05, 0) is 58.8 Å². The van der Waals surface area contributed by atoms with Gasteiger partial charge in [0.05, 0.1) is 23.4 Å². The number of hydrogen-bond donors (Lipinski definition) is 1. The highest BCUT2D eigenvalue weighted by Gasteiger charge is 2.56. The van der Waals surface area contributed by atoms with E-state index in [1.807, 2.05) is 13.0 Å². The number of amides is 2. The largest absolute Gasteiger partial charge is 0.504 e. The van der Waals surface area contributed by atoms with Crippen LogP contribution in [0.15, 0.2) is 51.6 Å². The molecule has 8 heteroatoms. The number of imide groups is 1. The summed E-state index contributed by atoms with van der Waals surface area (Å²) < 4.78 is 5.49. The first-order chi connectivity index (χ1) is 16.3. The number of ether oxygens (including phenoxy) is 1. The molecule has 1 aromatic rings. The number of likely N-dealkylation sites (tertiary alicyclic amines) is 1. The lowest BCUT2D eigenvalue weighted by atomic mass is 9.59. The van der Waals surface area contributed by atoms with Crippen LogP contribution in [0.25, 0.3) is 0 Å². The zero-order valence-corrected chi connectivity index (χ0v) is 20.4. The Morgan fingerprint density at radius 2 is 1.91 bits per heavy atom. The highest BCUT2D eigenvalue weighted by Crippen LogP contribution is 2.55. The van der Waals surface area contributed by atoms with Crippen molar-refractivity contribution in [1.82, 2.24) is 4.90 Å². The van der Waals surface area contributed by atoms with Crippen molar-refractivity contribution in [1.29, 1.82) is 0 Å². The normalized spacial score (nSPS) is 28.4. The van der Waals surface area contributed by atoms with Crippen LogP contribution in [0.2, 0.25) is 0 Å². The molecule has 0 spiro atoms. The zero-order chi connectivity index (χ0) is 24.3. The van der Waals surface area contributed by atoms with Gasteiger partial charge in [-0.25, -0.2) is 0 Å². The SMILES string of the molecule is CCCN1C(=O)C2CC=C3C(c4ccc(O)c(OC)c4)C4=C(CC3C2C1=O)C(=O)C(Br)=CC4=O. The van der Waals surface area contributed by atoms with Gasteiger partial charge in [-0.3, -0.25) is 24.1 Å². The van der Waals surface area contributed by atoms with Crippen molar-refractivity contribution in [3.05, 3.63) is 57.1 Å². The molecule has 176 valence electrons. The Morgan fingerprint density at radius 1 is 1.15 bits per heavy atom. The molecule has 5 rings (SSSR count). The Morgan fingerprint density at radius 3 is 2.62 bits per heavy atom. The number of carbonyl (C=O) groups is 4. The van der Waals surface area contributed by atoms with Gasteiger partial charge in [0.25, 0.3) is 0 Å². The topological polar surface area (TPSA) is 101 Å². The van der Waals surface area contributed by atoms with E-state index < -0.39 is 17.8 Å². The number of rotatable bonds is 4. The molecule has 3 aliphatic carbocycles. The summed E-state index contributed by atoms with van der Waals surface area (Å²) in [7, 11) is 1.44. The van der Waals surface area contributed by atoms with Crippen LogP contribution in [0.5, 0.6) is 11.5 Å². The predicted molar refractivity (Wildman–Crippen MR) is 126 cm³/mol. The van der Waals surface area contributed by atoms with Gasteiger partial charge in [-0.2, -0.15) is 0 Å². The monoisotopic (exact) mass is 525 g/mol. The standard InChI is InChI=1S/C26H24BrNO6/c1-3-8-28-25(32)14-6-5-13-15(22(14)26(28)33)10-16-23(19(30)11-17(27)24(16)31)21(13)12-4-7-18(29)20(9-12)34-2/h4-5,7,9,11,14-15,21-22,29H,3,6,8,10H2,1-2H3. The van der Waals surface area contributed by atoms with Gasteiger partial charge in [-0.1, -0.05) is 24.6 Å². The van der Waals surface area contributed by atoms with Gasteiger partial charge in [0.15, 0.2) is 23.1 Å². The highest BCUT2D eigenvalue weighted by atomic mass is 79.9. The Bertz CT molecular complexity index is 1240. The average Bonchev–Trinajstić information content (AvgIpc) is 3.07. The number of hydrogen-bond acceptors (Lipinski definition) is 6. The lowest BCUT2D eigenvalue weighted by Gasteiger charge is -2.42. The van der Waals surface area contributed by atoms with E-state index in [9.17, 15) is 24.3 Å². The van der Waals surface area contributed by atoms with E-state index in [1.54, 1.807) is 12.1 Å². The van der Waals surface area contributed by atoms with Crippen molar-refractivity contribution < 1.29 is 29.0 Å². The molecule has 2 amide bonds. The molecule has 1 aliphatic heterocycles. The third-order valence-corrected chi connectivity index (χ3v) is 8.00. The third-order valence-electron chi connectivity index (χ3n) is 7.41. The van der Waals surface area contributed by atoms with Crippen molar-refractivity contribution in [2.75, 3.05) is 13.7 Å². The number of allylic oxidation sites excluding steroid dienone is 6. The van der Waals surface area contributed by atoms with Crippen LogP contribution in [0.3, 0.4) is 0 Å². The Hall–Kier alpha value is -3.00. The molecule has 34 heavy (non-hydrogen) atoms. The fraction of sp³-hybridized carbons (Fsp3) is 0.385. The summed E-state index contributed by atoms with van der Waals surface area (Å²) in [5.74, 6) is -2.59. The number of methoxy groups -OCH3 is 1. The number of aromatic hydroxyl groups is 1. The maximum Gasteiger partial charge on any atom is 0.233 e. The van der Waals surface area contributed by atoms with Crippen LogP contribution < -0.4 is 4.74 Å². The molecular weight excluding hydrogens is 502 g/mol. The van der Waals surface area contributed by atoms with Gasteiger partial charge in [0, 0.05) is 29.7 Å². The second-order valence-corrected chi connectivity index (χ2v) is 10.0. The fourth-order valence-electron chi connectivity index (χ4n) is 5.97. The molecule has 1 saturated heterocycles. The summed E-state index contributed by atoms with van der Waals surface area (Å²) >= 11 is 3.22. The molecular formula is C26H24BrNO6. The number of halogens is 1. The number of phenolic OH excluding ortho intramolecular Hbond substituents is 1. The predicted octanol–water partition coefficient (Wildman–Crippen LogP) is 3.57. The minimum Gasteiger partial charge on any atom is -0.504 e. The summed E-state index contributed by atoms with van der Waals surface area (Å²) in [5, 5.41) is 10.1. The van der Waals surface area contributed by atoms with Crippen molar-refractivity contribution in [3.63, 3.8) is 0 Å². The maximum absolute atomic E-state index is 13.4. The van der Waals surface area contributed by atoms with Crippen LogP contribution in [-0.4, -0.2) is 47.0 Å². The summed E-state index contributed by atoms with van der Waals surface area (Å²) in [6.07, 6.45) is 4.60. The molecule has 1 N–H and O–H groups in total. The molecule has 0 saturated carbocycles. The minimum absolute atomic E-state index is 0.0361. The molecule has 1 aromatic carbocycles. The highest BCUT2D eigenvalue weighted by molar-refractivity contribution is 9.12. The van der Waals surface area contributed by atoms with Crippen LogP contribution in [0.4, 0.5) is 0 Å². The van der Waals surface area contributed by atoms with Gasteiger partial charge in [-0.15, -0.1) is 0 Å². The summed E-state index contributed by atoms with van der Waals surface area (Å²) in [6, 6.07) is 4.87. The second-order valence-electron chi connectivity index (χ2n) is 9.15. The summed E-state index contributed by atoms with van der Waals surface area (Å²) in [6.45, 7) is 2.30. The lowest BCUT2D eigenvalue weighted by Crippen LogP contribution is -2.39. The average molecular weight is 526 g/mol. The van der Waals surface area contributed by atoms with Crippen LogP contribution >= 0.6 is 15.9 Å². The number of carbonyl (C=O) groups excluding carboxylic acids is 4.